The van der Waals surface area contributed by atoms with Gasteiger partial charge in [0.25, 0.3) is 5.95 Å². The quantitative estimate of drug-likeness (QED) is 0.742. The lowest BCUT2D eigenvalue weighted by atomic mass is 10.3. The maximum Gasteiger partial charge on any atom is 0.252 e. The maximum absolute atomic E-state index is 4.39. The summed E-state index contributed by atoms with van der Waals surface area (Å²) in [7, 11) is 1.81. The van der Waals surface area contributed by atoms with Crippen LogP contribution in [0.2, 0.25) is 0 Å². The molecule has 1 N–H and O–H groups in total. The van der Waals surface area contributed by atoms with Gasteiger partial charge in [0.15, 0.2) is 5.65 Å². The molecule has 96 valence electrons. The summed E-state index contributed by atoms with van der Waals surface area (Å²) < 4.78 is 1.62. The van der Waals surface area contributed by atoms with Crippen molar-refractivity contribution in [1.29, 1.82) is 0 Å². The Labute approximate surface area is 109 Å². The van der Waals surface area contributed by atoms with Crippen molar-refractivity contribution < 1.29 is 0 Å². The minimum absolute atomic E-state index is 0.522. The molecule has 7 nitrogen and oxygen atoms in total. The standard InChI is InChI=1S/C12H13N7/c1-7-4-8(2)18-12(17-7)19-11-9(5-16-19)10(13-3)14-6-15-11/h4-6H,1-3H3,(H,13,14,15). The van der Waals surface area contributed by atoms with Crippen molar-refractivity contribution in [2.45, 2.75) is 13.8 Å². The molecule has 3 rings (SSSR count). The zero-order chi connectivity index (χ0) is 13.4. The van der Waals surface area contributed by atoms with Crippen LogP contribution in [0.3, 0.4) is 0 Å². The first-order chi connectivity index (χ1) is 9.19. The van der Waals surface area contributed by atoms with Crippen molar-refractivity contribution in [1.82, 2.24) is 29.7 Å². The Morgan fingerprint density at radius 1 is 1.11 bits per heavy atom. The van der Waals surface area contributed by atoms with Crippen LogP contribution in [0, 0.1) is 13.8 Å². The largest absolute Gasteiger partial charge is 0.372 e. The van der Waals surface area contributed by atoms with Gasteiger partial charge in [-0.2, -0.15) is 9.78 Å². The van der Waals surface area contributed by atoms with E-state index in [9.17, 15) is 0 Å². The molecule has 3 aromatic heterocycles. The van der Waals surface area contributed by atoms with E-state index in [1.54, 1.807) is 10.9 Å². The molecule has 0 saturated heterocycles. The lowest BCUT2D eigenvalue weighted by molar-refractivity contribution is 0.807. The molecule has 19 heavy (non-hydrogen) atoms. The SMILES string of the molecule is CNc1ncnc2c1cnn2-c1nc(C)cc(C)n1. The molecule has 7 heteroatoms. The highest BCUT2D eigenvalue weighted by Gasteiger charge is 2.12. The molecule has 0 amide bonds. The molecule has 0 aliphatic carbocycles. The normalized spacial score (nSPS) is 10.9. The van der Waals surface area contributed by atoms with Gasteiger partial charge in [0.1, 0.15) is 12.1 Å². The second-order valence-corrected chi connectivity index (χ2v) is 4.22. The lowest BCUT2D eigenvalue weighted by Crippen LogP contribution is -2.06. The zero-order valence-corrected chi connectivity index (χ0v) is 10.9. The summed E-state index contributed by atoms with van der Waals surface area (Å²) in [5.74, 6) is 1.26. The van der Waals surface area contributed by atoms with Crippen molar-refractivity contribution in [3.63, 3.8) is 0 Å². The van der Waals surface area contributed by atoms with Gasteiger partial charge in [-0.15, -0.1) is 0 Å². The Bertz CT molecular complexity index is 727. The van der Waals surface area contributed by atoms with Crippen molar-refractivity contribution >= 4 is 16.9 Å². The molecule has 0 aliphatic rings. The third kappa shape index (κ3) is 1.88. The second kappa shape index (κ2) is 4.27. The molecule has 0 aliphatic heterocycles. The monoisotopic (exact) mass is 255 g/mol. The smallest absolute Gasteiger partial charge is 0.252 e. The van der Waals surface area contributed by atoms with Crippen molar-refractivity contribution in [2.75, 3.05) is 12.4 Å². The topological polar surface area (TPSA) is 81.4 Å². The van der Waals surface area contributed by atoms with Crippen molar-refractivity contribution in [2.24, 2.45) is 0 Å². The predicted octanol–water partition coefficient (Wildman–Crippen LogP) is 1.26. The fourth-order valence-electron chi connectivity index (χ4n) is 1.99. The number of hydrogen-bond donors (Lipinski definition) is 1. The van der Waals surface area contributed by atoms with Gasteiger partial charge in [-0.05, 0) is 19.9 Å². The van der Waals surface area contributed by atoms with E-state index in [0.29, 0.717) is 11.6 Å². The summed E-state index contributed by atoms with van der Waals surface area (Å²) in [4.78, 5) is 17.2. The van der Waals surface area contributed by atoms with E-state index in [-0.39, 0.29) is 0 Å². The van der Waals surface area contributed by atoms with Crippen LogP contribution < -0.4 is 5.32 Å². The molecule has 0 radical (unpaired) electrons. The van der Waals surface area contributed by atoms with Gasteiger partial charge in [-0.1, -0.05) is 0 Å². The number of anilines is 1. The summed E-state index contributed by atoms with van der Waals surface area (Å²) >= 11 is 0. The number of aryl methyl sites for hydroxylation is 2. The van der Waals surface area contributed by atoms with Crippen LogP contribution in [0.1, 0.15) is 11.4 Å². The first-order valence-corrected chi connectivity index (χ1v) is 5.88. The number of rotatable bonds is 2. The van der Waals surface area contributed by atoms with E-state index < -0.39 is 0 Å². The highest BCUT2D eigenvalue weighted by atomic mass is 15.4. The minimum atomic E-state index is 0.522. The van der Waals surface area contributed by atoms with E-state index in [1.165, 1.54) is 6.33 Å². The molecule has 0 bridgehead atoms. The average molecular weight is 255 g/mol. The van der Waals surface area contributed by atoms with E-state index in [1.807, 2.05) is 27.0 Å². The molecule has 0 atom stereocenters. The van der Waals surface area contributed by atoms with Crippen LogP contribution in [0.15, 0.2) is 18.6 Å². The predicted molar refractivity (Wildman–Crippen MR) is 71.3 cm³/mol. The van der Waals surface area contributed by atoms with Gasteiger partial charge >= 0.3 is 0 Å². The third-order valence-corrected chi connectivity index (χ3v) is 2.76. The van der Waals surface area contributed by atoms with Crippen LogP contribution in [0.25, 0.3) is 17.0 Å². The summed E-state index contributed by atoms with van der Waals surface area (Å²) in [5.41, 5.74) is 2.48. The Balaban J connectivity index is 2.26. The number of aromatic nitrogens is 6. The molecule has 0 fully saturated rings. The zero-order valence-electron chi connectivity index (χ0n) is 10.9. The Morgan fingerprint density at radius 2 is 1.84 bits per heavy atom. The van der Waals surface area contributed by atoms with Gasteiger partial charge in [-0.3, -0.25) is 0 Å². The molecule has 3 aromatic rings. The first kappa shape index (κ1) is 11.5. The van der Waals surface area contributed by atoms with E-state index >= 15 is 0 Å². The average Bonchev–Trinajstić information content (AvgIpc) is 2.81. The highest BCUT2D eigenvalue weighted by Crippen LogP contribution is 2.19. The van der Waals surface area contributed by atoms with Crippen LogP contribution >= 0.6 is 0 Å². The van der Waals surface area contributed by atoms with Crippen LogP contribution in [-0.4, -0.2) is 36.8 Å². The minimum Gasteiger partial charge on any atom is -0.372 e. The molecular weight excluding hydrogens is 242 g/mol. The fraction of sp³-hybridized carbons (Fsp3) is 0.250. The molecule has 0 unspecified atom stereocenters. The van der Waals surface area contributed by atoms with E-state index in [2.05, 4.69) is 30.4 Å². The summed E-state index contributed by atoms with van der Waals surface area (Å²) in [6, 6.07) is 1.92. The van der Waals surface area contributed by atoms with Crippen LogP contribution in [-0.2, 0) is 0 Å². The van der Waals surface area contributed by atoms with Gasteiger partial charge in [-0.25, -0.2) is 19.9 Å². The molecular formula is C12H13N7. The van der Waals surface area contributed by atoms with Gasteiger partial charge in [0.05, 0.1) is 11.6 Å². The second-order valence-electron chi connectivity index (χ2n) is 4.22. The van der Waals surface area contributed by atoms with Crippen LogP contribution in [0.5, 0.6) is 0 Å². The van der Waals surface area contributed by atoms with Crippen LogP contribution in [0.4, 0.5) is 5.82 Å². The number of nitrogens with zero attached hydrogens (tertiary/aromatic N) is 6. The first-order valence-electron chi connectivity index (χ1n) is 5.88. The highest BCUT2D eigenvalue weighted by molar-refractivity contribution is 5.86. The number of hydrogen-bond acceptors (Lipinski definition) is 6. The van der Waals surface area contributed by atoms with Gasteiger partial charge in [0.2, 0.25) is 0 Å². The summed E-state index contributed by atoms with van der Waals surface area (Å²) in [6.07, 6.45) is 3.21. The van der Waals surface area contributed by atoms with Gasteiger partial charge < -0.3 is 5.32 Å². The number of fused-ring (bicyclic) bond motifs is 1. The van der Waals surface area contributed by atoms with Gasteiger partial charge in [0, 0.05) is 18.4 Å². The Kier molecular flexibility index (Phi) is 2.59. The molecule has 0 saturated carbocycles. The van der Waals surface area contributed by atoms with Crippen molar-refractivity contribution in [3.05, 3.63) is 30.0 Å². The fourth-order valence-corrected chi connectivity index (χ4v) is 1.99. The summed E-state index contributed by atoms with van der Waals surface area (Å²) in [6.45, 7) is 3.86. The third-order valence-electron chi connectivity index (χ3n) is 2.76. The van der Waals surface area contributed by atoms with E-state index in [4.69, 9.17) is 0 Å². The Hall–Kier alpha value is -2.57. The molecule has 3 heterocycles. The molecule has 0 aromatic carbocycles. The Morgan fingerprint density at radius 3 is 2.53 bits per heavy atom. The summed E-state index contributed by atoms with van der Waals surface area (Å²) in [5, 5.41) is 8.16. The number of nitrogens with one attached hydrogen (secondary N) is 1. The molecule has 0 spiro atoms. The van der Waals surface area contributed by atoms with E-state index in [0.717, 1.165) is 22.6 Å². The maximum atomic E-state index is 4.39. The van der Waals surface area contributed by atoms with Crippen molar-refractivity contribution in [3.8, 4) is 5.95 Å². The lowest BCUT2D eigenvalue weighted by Gasteiger charge is -2.04.